The second-order valence-electron chi connectivity index (χ2n) is 3.01. The predicted molar refractivity (Wildman–Crippen MR) is 62.1 cm³/mol. The first kappa shape index (κ1) is 13.3. The van der Waals surface area contributed by atoms with Gasteiger partial charge in [0, 0.05) is 10.6 Å². The minimum atomic E-state index is -0.831. The molecule has 0 aromatic heterocycles. The fourth-order valence-corrected chi connectivity index (χ4v) is 1.77. The highest BCUT2D eigenvalue weighted by atomic mass is 32.2. The average Bonchev–Trinajstić information content (AvgIpc) is 2.30. The van der Waals surface area contributed by atoms with Crippen molar-refractivity contribution in [3.05, 3.63) is 24.0 Å². The zero-order chi connectivity index (χ0) is 12.8. The summed E-state index contributed by atoms with van der Waals surface area (Å²) in [5.74, 6) is -1.02. The van der Waals surface area contributed by atoms with Crippen LogP contribution in [0.25, 0.3) is 0 Å². The molecule has 0 aliphatic carbocycles. The Labute approximate surface area is 102 Å². The number of carbonyl (C=O) groups excluding carboxylic acids is 2. The number of carbonyl (C=O) groups is 2. The van der Waals surface area contributed by atoms with Crippen LogP contribution in [0.5, 0.6) is 0 Å². The molecule has 3 N–H and O–H groups in total. The molecule has 7 heteroatoms. The number of thioether (sulfide) groups is 1. The van der Waals surface area contributed by atoms with Gasteiger partial charge in [-0.2, -0.15) is 0 Å². The molecule has 92 valence electrons. The first-order chi connectivity index (χ1) is 8.02. The molecule has 2 amide bonds. The van der Waals surface area contributed by atoms with Crippen LogP contribution in [0.4, 0.5) is 14.9 Å². The van der Waals surface area contributed by atoms with Gasteiger partial charge >= 0.3 is 6.09 Å². The van der Waals surface area contributed by atoms with Crippen molar-refractivity contribution in [2.75, 3.05) is 18.6 Å². The zero-order valence-corrected chi connectivity index (χ0v) is 9.84. The molecular formula is C10H11FN2O3S. The lowest BCUT2D eigenvalue weighted by molar-refractivity contribution is -0.117. The molecule has 0 atom stereocenters. The number of anilines is 1. The monoisotopic (exact) mass is 258 g/mol. The van der Waals surface area contributed by atoms with Crippen LogP contribution in [0.2, 0.25) is 0 Å². The highest BCUT2D eigenvalue weighted by Gasteiger charge is 2.09. The Hall–Kier alpha value is -1.76. The summed E-state index contributed by atoms with van der Waals surface area (Å²) < 4.78 is 17.1. The van der Waals surface area contributed by atoms with E-state index in [4.69, 9.17) is 5.73 Å². The SMILES string of the molecule is COC(=O)NC(=O)CSc1cc(F)ccc1N. The molecule has 1 rings (SSSR count). The molecule has 5 nitrogen and oxygen atoms in total. The van der Waals surface area contributed by atoms with E-state index < -0.39 is 17.8 Å². The number of hydrogen-bond donors (Lipinski definition) is 2. The van der Waals surface area contributed by atoms with Crippen molar-refractivity contribution < 1.29 is 18.7 Å². The Morgan fingerprint density at radius 1 is 1.53 bits per heavy atom. The van der Waals surface area contributed by atoms with Crippen LogP contribution in [0.1, 0.15) is 0 Å². The summed E-state index contributed by atoms with van der Waals surface area (Å²) in [6, 6.07) is 3.87. The lowest BCUT2D eigenvalue weighted by atomic mass is 10.3. The van der Waals surface area contributed by atoms with E-state index in [2.05, 4.69) is 4.74 Å². The zero-order valence-electron chi connectivity index (χ0n) is 9.03. The molecule has 17 heavy (non-hydrogen) atoms. The summed E-state index contributed by atoms with van der Waals surface area (Å²) in [5, 5.41) is 1.98. The summed E-state index contributed by atoms with van der Waals surface area (Å²) in [6.07, 6.45) is -0.831. The smallest absolute Gasteiger partial charge is 0.413 e. The fourth-order valence-electron chi connectivity index (χ4n) is 0.977. The van der Waals surface area contributed by atoms with Gasteiger partial charge in [-0.1, -0.05) is 0 Å². The number of benzene rings is 1. The Bertz CT molecular complexity index is 440. The van der Waals surface area contributed by atoms with Crippen molar-refractivity contribution in [2.45, 2.75) is 4.90 Å². The van der Waals surface area contributed by atoms with E-state index in [1.807, 2.05) is 5.32 Å². The van der Waals surface area contributed by atoms with Crippen LogP contribution in [0, 0.1) is 5.82 Å². The molecule has 0 unspecified atom stereocenters. The van der Waals surface area contributed by atoms with E-state index >= 15 is 0 Å². The summed E-state index contributed by atoms with van der Waals surface area (Å²) in [4.78, 5) is 22.4. The topological polar surface area (TPSA) is 81.4 Å². The Morgan fingerprint density at radius 3 is 2.88 bits per heavy atom. The maximum absolute atomic E-state index is 12.9. The number of nitrogen functional groups attached to an aromatic ring is 1. The highest BCUT2D eigenvalue weighted by molar-refractivity contribution is 8.00. The second kappa shape index (κ2) is 6.09. The van der Waals surface area contributed by atoms with E-state index in [0.29, 0.717) is 10.6 Å². The minimum Gasteiger partial charge on any atom is -0.453 e. The molecule has 0 spiro atoms. The lowest BCUT2D eigenvalue weighted by Gasteiger charge is -2.05. The molecule has 0 saturated carbocycles. The number of nitrogens with two attached hydrogens (primary N) is 1. The minimum absolute atomic E-state index is 0.0528. The van der Waals surface area contributed by atoms with Crippen molar-refractivity contribution >= 4 is 29.4 Å². The van der Waals surface area contributed by atoms with E-state index in [1.54, 1.807) is 0 Å². The van der Waals surface area contributed by atoms with E-state index in [-0.39, 0.29) is 5.75 Å². The van der Waals surface area contributed by atoms with Gasteiger partial charge in [0.2, 0.25) is 5.91 Å². The summed E-state index contributed by atoms with van der Waals surface area (Å²) in [6.45, 7) is 0. The van der Waals surface area contributed by atoms with Crippen molar-refractivity contribution in [1.82, 2.24) is 5.32 Å². The molecule has 0 fully saturated rings. The first-order valence-electron chi connectivity index (χ1n) is 4.58. The number of hydrogen-bond acceptors (Lipinski definition) is 5. The van der Waals surface area contributed by atoms with Gasteiger partial charge in [-0.25, -0.2) is 9.18 Å². The first-order valence-corrected chi connectivity index (χ1v) is 5.57. The number of alkyl carbamates (subject to hydrolysis) is 1. The standard InChI is InChI=1S/C10H11FN2O3S/c1-16-10(15)13-9(14)5-17-8-4-6(11)2-3-7(8)12/h2-4H,5,12H2,1H3,(H,13,14,15). The van der Waals surface area contributed by atoms with Crippen LogP contribution < -0.4 is 11.1 Å². The number of methoxy groups -OCH3 is 1. The van der Waals surface area contributed by atoms with Gasteiger partial charge in [0.15, 0.2) is 0 Å². The van der Waals surface area contributed by atoms with Gasteiger partial charge in [-0.3, -0.25) is 10.1 Å². The Balaban J connectivity index is 2.53. The number of nitrogens with one attached hydrogen (secondary N) is 1. The number of imide groups is 1. The maximum atomic E-state index is 12.9. The lowest BCUT2D eigenvalue weighted by Crippen LogP contribution is -2.31. The molecule has 0 aliphatic rings. The summed E-state index contributed by atoms with van der Waals surface area (Å²) in [7, 11) is 1.15. The molecule has 1 aromatic rings. The van der Waals surface area contributed by atoms with Gasteiger partial charge in [0.25, 0.3) is 0 Å². The molecule has 1 aromatic carbocycles. The predicted octanol–water partition coefficient (Wildman–Crippen LogP) is 1.38. The van der Waals surface area contributed by atoms with Crippen molar-refractivity contribution in [1.29, 1.82) is 0 Å². The maximum Gasteiger partial charge on any atom is 0.413 e. The number of rotatable bonds is 3. The van der Waals surface area contributed by atoms with Crippen LogP contribution in [0.3, 0.4) is 0 Å². The van der Waals surface area contributed by atoms with Crippen LogP contribution in [-0.4, -0.2) is 24.9 Å². The van der Waals surface area contributed by atoms with Crippen LogP contribution >= 0.6 is 11.8 Å². The molecule has 0 bridgehead atoms. The highest BCUT2D eigenvalue weighted by Crippen LogP contribution is 2.25. The number of ether oxygens (including phenoxy) is 1. The van der Waals surface area contributed by atoms with Crippen molar-refractivity contribution in [2.24, 2.45) is 0 Å². The molecule has 0 heterocycles. The van der Waals surface area contributed by atoms with E-state index in [0.717, 1.165) is 18.9 Å². The third-order valence-electron chi connectivity index (χ3n) is 1.76. The van der Waals surface area contributed by atoms with Crippen molar-refractivity contribution in [3.8, 4) is 0 Å². The summed E-state index contributed by atoms with van der Waals surface area (Å²) >= 11 is 1.04. The molecule has 0 aliphatic heterocycles. The number of halogens is 1. The normalized spacial score (nSPS) is 9.76. The van der Waals surface area contributed by atoms with Gasteiger partial charge in [-0.15, -0.1) is 11.8 Å². The molecule has 0 radical (unpaired) electrons. The van der Waals surface area contributed by atoms with E-state index in [9.17, 15) is 14.0 Å². The quantitative estimate of drug-likeness (QED) is 0.632. The number of amides is 2. The largest absolute Gasteiger partial charge is 0.453 e. The van der Waals surface area contributed by atoms with Gasteiger partial charge in [-0.05, 0) is 18.2 Å². The molecular weight excluding hydrogens is 247 g/mol. The van der Waals surface area contributed by atoms with Crippen LogP contribution in [-0.2, 0) is 9.53 Å². The van der Waals surface area contributed by atoms with Crippen molar-refractivity contribution in [3.63, 3.8) is 0 Å². The van der Waals surface area contributed by atoms with E-state index in [1.165, 1.54) is 18.2 Å². The Morgan fingerprint density at radius 2 is 2.24 bits per heavy atom. The van der Waals surface area contributed by atoms with Gasteiger partial charge < -0.3 is 10.5 Å². The molecule has 0 saturated heterocycles. The van der Waals surface area contributed by atoms with Crippen LogP contribution in [0.15, 0.2) is 23.1 Å². The Kier molecular flexibility index (Phi) is 4.77. The van der Waals surface area contributed by atoms with Gasteiger partial charge in [0.05, 0.1) is 12.9 Å². The average molecular weight is 258 g/mol. The third-order valence-corrected chi connectivity index (χ3v) is 2.83. The third kappa shape index (κ3) is 4.31. The second-order valence-corrected chi connectivity index (χ2v) is 4.03. The van der Waals surface area contributed by atoms with Gasteiger partial charge in [0.1, 0.15) is 5.82 Å². The summed E-state index contributed by atoms with van der Waals surface area (Å²) in [5.41, 5.74) is 5.97. The fraction of sp³-hybridized carbons (Fsp3) is 0.200.